The Kier molecular flexibility index (Phi) is 8.04. The maximum atomic E-state index is 7.05. The highest BCUT2D eigenvalue weighted by molar-refractivity contribution is 6.12. The summed E-state index contributed by atoms with van der Waals surface area (Å²) in [6.07, 6.45) is 5.66. The summed E-state index contributed by atoms with van der Waals surface area (Å²) < 4.78 is 7.05. The Morgan fingerprint density at radius 2 is 0.942 bits per heavy atom. The Morgan fingerprint density at radius 1 is 0.420 bits per heavy atom. The van der Waals surface area contributed by atoms with E-state index >= 15 is 0 Å². The SMILES string of the molecule is C1=CC2=C(C(c3ccc(-c4nc(-c5ccccc5)cc(-c5ccccc5)n4)cc3)C1)C1(c3ccccc3C3(c4ccccc4-c4ccccc43)c3ccccc31)c1ccc3c(oc4ccccc43)c12. The topological polar surface area (TPSA) is 38.9 Å². The van der Waals surface area contributed by atoms with Gasteiger partial charge in [0.2, 0.25) is 0 Å². The molecule has 0 fully saturated rings. The van der Waals surface area contributed by atoms with Gasteiger partial charge in [-0.2, -0.15) is 0 Å². The van der Waals surface area contributed by atoms with Gasteiger partial charge in [-0.15, -0.1) is 0 Å². The fourth-order valence-corrected chi connectivity index (χ4v) is 13.1. The van der Waals surface area contributed by atoms with Crippen LogP contribution in [-0.4, -0.2) is 9.97 Å². The van der Waals surface area contributed by atoms with Gasteiger partial charge >= 0.3 is 0 Å². The Balaban J connectivity index is 0.984. The van der Waals surface area contributed by atoms with Crippen molar-refractivity contribution in [3.63, 3.8) is 0 Å². The summed E-state index contributed by atoms with van der Waals surface area (Å²) in [5.41, 5.74) is 22.6. The molecule has 4 aliphatic rings. The number of fused-ring (bicyclic) bond motifs is 19. The van der Waals surface area contributed by atoms with Gasteiger partial charge in [-0.05, 0) is 85.3 Å². The Bertz CT molecular complexity index is 3840. The molecule has 9 aromatic carbocycles. The average Bonchev–Trinajstić information content (AvgIpc) is 4.06. The minimum absolute atomic E-state index is 0.0423. The molecule has 2 heterocycles. The van der Waals surface area contributed by atoms with Crippen molar-refractivity contribution in [2.75, 3.05) is 0 Å². The zero-order valence-electron chi connectivity index (χ0n) is 37.6. The first-order valence-corrected chi connectivity index (χ1v) is 24.1. The van der Waals surface area contributed by atoms with Crippen LogP contribution in [0.5, 0.6) is 0 Å². The van der Waals surface area contributed by atoms with Crippen LogP contribution in [0.15, 0.2) is 247 Å². The van der Waals surface area contributed by atoms with E-state index in [0.717, 1.165) is 56.4 Å². The van der Waals surface area contributed by atoms with Crippen LogP contribution in [0.1, 0.15) is 62.4 Å². The lowest BCUT2D eigenvalue weighted by atomic mass is 9.50. The molecule has 1 atom stereocenters. The maximum absolute atomic E-state index is 7.05. The van der Waals surface area contributed by atoms with Crippen LogP contribution < -0.4 is 0 Å². The zero-order valence-corrected chi connectivity index (χ0v) is 37.6. The number of rotatable bonds is 4. The molecule has 3 heteroatoms. The van der Waals surface area contributed by atoms with Crippen LogP contribution in [-0.2, 0) is 10.8 Å². The number of benzene rings is 9. The van der Waals surface area contributed by atoms with E-state index in [2.05, 4.69) is 224 Å². The molecule has 0 amide bonds. The van der Waals surface area contributed by atoms with Gasteiger partial charge in [-0.3, -0.25) is 0 Å². The molecule has 0 N–H and O–H groups in total. The minimum Gasteiger partial charge on any atom is -0.455 e. The first-order valence-electron chi connectivity index (χ1n) is 24.1. The van der Waals surface area contributed by atoms with Gasteiger partial charge in [0.15, 0.2) is 5.82 Å². The van der Waals surface area contributed by atoms with Crippen molar-refractivity contribution >= 4 is 27.5 Å². The molecule has 0 saturated carbocycles. The average molecular weight is 879 g/mol. The van der Waals surface area contributed by atoms with Gasteiger partial charge in [0, 0.05) is 38.9 Å². The van der Waals surface area contributed by atoms with Crippen molar-refractivity contribution in [3.05, 3.63) is 292 Å². The third-order valence-corrected chi connectivity index (χ3v) is 15.8. The highest BCUT2D eigenvalue weighted by Crippen LogP contribution is 2.69. The van der Waals surface area contributed by atoms with Gasteiger partial charge < -0.3 is 4.42 Å². The van der Waals surface area contributed by atoms with Crippen LogP contribution in [0, 0.1) is 0 Å². The summed E-state index contributed by atoms with van der Waals surface area (Å²) in [5, 5.41) is 2.29. The van der Waals surface area contributed by atoms with Gasteiger partial charge in [-0.25, -0.2) is 9.97 Å². The molecular formula is C66H42N2O. The molecule has 2 aromatic heterocycles. The first-order chi connectivity index (χ1) is 34.2. The van der Waals surface area contributed by atoms with Crippen molar-refractivity contribution in [1.82, 2.24) is 9.97 Å². The molecule has 322 valence electrons. The number of hydrogen-bond acceptors (Lipinski definition) is 3. The van der Waals surface area contributed by atoms with E-state index in [-0.39, 0.29) is 5.92 Å². The second-order valence-electron chi connectivity index (χ2n) is 19.0. The molecule has 0 radical (unpaired) electrons. The highest BCUT2D eigenvalue weighted by atomic mass is 16.3. The third-order valence-electron chi connectivity index (χ3n) is 15.8. The second kappa shape index (κ2) is 14.4. The summed E-state index contributed by atoms with van der Waals surface area (Å²) in [5.74, 6) is 0.750. The Labute approximate surface area is 400 Å². The zero-order chi connectivity index (χ0) is 45.3. The molecule has 0 bridgehead atoms. The lowest BCUT2D eigenvalue weighted by Gasteiger charge is -2.50. The number of aromatic nitrogens is 2. The first kappa shape index (κ1) is 38.4. The summed E-state index contributed by atoms with van der Waals surface area (Å²) in [6.45, 7) is 0. The van der Waals surface area contributed by atoms with Crippen LogP contribution in [0.4, 0.5) is 0 Å². The van der Waals surface area contributed by atoms with Crippen molar-refractivity contribution in [2.24, 2.45) is 0 Å². The number of furan rings is 1. The molecule has 1 unspecified atom stereocenters. The second-order valence-corrected chi connectivity index (χ2v) is 19.0. The molecule has 69 heavy (non-hydrogen) atoms. The third kappa shape index (κ3) is 5.11. The monoisotopic (exact) mass is 878 g/mol. The summed E-state index contributed by atoms with van der Waals surface area (Å²) in [7, 11) is 0. The van der Waals surface area contributed by atoms with E-state index in [9.17, 15) is 0 Å². The summed E-state index contributed by atoms with van der Waals surface area (Å²) >= 11 is 0. The molecule has 0 saturated heterocycles. The van der Waals surface area contributed by atoms with Crippen LogP contribution >= 0.6 is 0 Å². The summed E-state index contributed by atoms with van der Waals surface area (Å²) in [4.78, 5) is 10.4. The van der Waals surface area contributed by atoms with Crippen LogP contribution in [0.2, 0.25) is 0 Å². The predicted molar refractivity (Wildman–Crippen MR) is 279 cm³/mol. The van der Waals surface area contributed by atoms with E-state index in [4.69, 9.17) is 14.4 Å². The Hall–Kier alpha value is -8.66. The quantitative estimate of drug-likeness (QED) is 0.177. The van der Waals surface area contributed by atoms with Gasteiger partial charge in [-0.1, -0.05) is 224 Å². The van der Waals surface area contributed by atoms with E-state index in [1.54, 1.807) is 0 Å². The molecule has 4 aliphatic carbocycles. The van der Waals surface area contributed by atoms with Crippen molar-refractivity contribution < 1.29 is 4.42 Å². The van der Waals surface area contributed by atoms with Crippen molar-refractivity contribution in [2.45, 2.75) is 23.2 Å². The largest absolute Gasteiger partial charge is 0.455 e. The van der Waals surface area contributed by atoms with Crippen molar-refractivity contribution in [3.8, 4) is 45.0 Å². The number of hydrogen-bond donors (Lipinski definition) is 0. The lowest BCUT2D eigenvalue weighted by molar-refractivity contribution is 0.582. The molecule has 2 spiro atoms. The van der Waals surface area contributed by atoms with Crippen molar-refractivity contribution in [1.29, 1.82) is 0 Å². The molecular weight excluding hydrogens is 837 g/mol. The van der Waals surface area contributed by atoms with Crippen LogP contribution in [0.25, 0.3) is 72.5 Å². The van der Waals surface area contributed by atoms with Crippen LogP contribution in [0.3, 0.4) is 0 Å². The molecule has 0 aliphatic heterocycles. The highest BCUT2D eigenvalue weighted by Gasteiger charge is 2.61. The fourth-order valence-electron chi connectivity index (χ4n) is 13.1. The normalized spacial score (nSPS) is 16.3. The van der Waals surface area contributed by atoms with E-state index < -0.39 is 10.8 Å². The Morgan fingerprint density at radius 3 is 1.55 bits per heavy atom. The maximum Gasteiger partial charge on any atom is 0.160 e. The fraction of sp³-hybridized carbons (Fsp3) is 0.0606. The number of nitrogens with zero attached hydrogens (tertiary/aromatic N) is 2. The molecule has 3 nitrogen and oxygen atoms in total. The number of allylic oxidation sites excluding steroid dienone is 4. The van der Waals surface area contributed by atoms with Gasteiger partial charge in [0.05, 0.1) is 22.2 Å². The molecule has 15 rings (SSSR count). The van der Waals surface area contributed by atoms with E-state index in [1.807, 2.05) is 12.1 Å². The smallest absolute Gasteiger partial charge is 0.160 e. The lowest BCUT2D eigenvalue weighted by Crippen LogP contribution is -2.45. The van der Waals surface area contributed by atoms with E-state index in [1.165, 1.54) is 72.3 Å². The predicted octanol–water partition coefficient (Wildman–Crippen LogP) is 15.9. The minimum atomic E-state index is -0.644. The number of para-hydroxylation sites is 1. The molecule has 11 aromatic rings. The van der Waals surface area contributed by atoms with Gasteiger partial charge in [0.25, 0.3) is 0 Å². The summed E-state index contributed by atoms with van der Waals surface area (Å²) in [6, 6.07) is 82.4. The van der Waals surface area contributed by atoms with E-state index in [0.29, 0.717) is 5.82 Å². The van der Waals surface area contributed by atoms with Gasteiger partial charge in [0.1, 0.15) is 11.2 Å². The standard InChI is InChI=1S/C66H42N2O/c1-3-18-42(19-4-1)58-40-59(43-20-5-2-6-21-43)68-64(67-58)44-36-34-41(35-37-44)45-25-17-26-50-61-57(39-38-49-48-24-9-16-33-60(48)69-63(49)61)66(62(45)50)55-31-14-12-29-53(55)65(54-30-13-15-32-56(54)66)51-27-10-7-22-46(51)47-23-8-11-28-52(47)65/h1-24,26-40,45H,25H2.